The molecule has 7 nitrogen and oxygen atoms in total. The summed E-state index contributed by atoms with van der Waals surface area (Å²) >= 11 is 0. The van der Waals surface area contributed by atoms with E-state index in [4.69, 9.17) is 19.1 Å². The maximum absolute atomic E-state index is 12.0. The van der Waals surface area contributed by atoms with Gasteiger partial charge in [0.15, 0.2) is 5.76 Å². The number of likely N-dealkylation sites (tertiary alicyclic amines) is 1. The molecule has 0 unspecified atom stereocenters. The van der Waals surface area contributed by atoms with E-state index in [1.807, 2.05) is 0 Å². The average Bonchev–Trinajstić information content (AvgIpc) is 3.29. The number of nitrogens with one attached hydrogen (secondary N) is 1. The third-order valence-corrected chi connectivity index (χ3v) is 5.99. The Kier molecular flexibility index (Phi) is 7.07. The fraction of sp³-hybridized carbons (Fsp3) is 0.700. The van der Waals surface area contributed by atoms with Gasteiger partial charge in [0.25, 0.3) is 5.91 Å². The number of carbonyl (C=O) groups is 2. The number of carboxylic acid groups (broad SMARTS) is 1. The molecule has 3 aliphatic rings. The van der Waals surface area contributed by atoms with Crippen LogP contribution in [0.4, 0.5) is 13.2 Å². The number of halogens is 3. The summed E-state index contributed by atoms with van der Waals surface area (Å²) in [6.07, 6.45) is 5.21. The maximum Gasteiger partial charge on any atom is 0.490 e. The predicted octanol–water partition coefficient (Wildman–Crippen LogP) is 3.21. The molecule has 1 aromatic heterocycles. The van der Waals surface area contributed by atoms with Gasteiger partial charge < -0.3 is 19.6 Å². The summed E-state index contributed by atoms with van der Waals surface area (Å²) in [5, 5.41) is 10.1. The summed E-state index contributed by atoms with van der Waals surface area (Å²) in [5.41, 5.74) is 0.0356. The van der Waals surface area contributed by atoms with Crippen molar-refractivity contribution in [1.82, 2.24) is 10.2 Å². The molecule has 1 spiro atoms. The van der Waals surface area contributed by atoms with E-state index in [0.29, 0.717) is 12.3 Å². The quantitative estimate of drug-likeness (QED) is 0.759. The van der Waals surface area contributed by atoms with Gasteiger partial charge in [0.2, 0.25) is 0 Å². The van der Waals surface area contributed by atoms with Crippen LogP contribution in [0.5, 0.6) is 0 Å². The van der Waals surface area contributed by atoms with Gasteiger partial charge in [0.1, 0.15) is 0 Å². The third kappa shape index (κ3) is 5.75. The third-order valence-electron chi connectivity index (χ3n) is 5.99. The van der Waals surface area contributed by atoms with Crippen molar-refractivity contribution < 1.29 is 37.0 Å². The number of carbonyl (C=O) groups excluding carboxylic acids is 1. The van der Waals surface area contributed by atoms with E-state index in [1.54, 1.807) is 12.1 Å². The summed E-state index contributed by atoms with van der Waals surface area (Å²) in [7, 11) is 0. The minimum Gasteiger partial charge on any atom is -0.475 e. The summed E-state index contributed by atoms with van der Waals surface area (Å²) in [5.74, 6) is -2.54. The number of carboxylic acids is 1. The van der Waals surface area contributed by atoms with Crippen molar-refractivity contribution in [3.63, 3.8) is 0 Å². The minimum atomic E-state index is -5.08. The van der Waals surface area contributed by atoms with Crippen molar-refractivity contribution >= 4 is 11.9 Å². The van der Waals surface area contributed by atoms with Crippen molar-refractivity contribution in [1.29, 1.82) is 0 Å². The van der Waals surface area contributed by atoms with Gasteiger partial charge in [-0.25, -0.2) is 4.79 Å². The Bertz CT molecular complexity index is 721. The molecule has 1 amide bonds. The summed E-state index contributed by atoms with van der Waals surface area (Å²) in [6, 6.07) is 4.22. The number of alkyl halides is 3. The van der Waals surface area contributed by atoms with Gasteiger partial charge in [-0.1, -0.05) is 6.42 Å². The molecule has 1 saturated carbocycles. The maximum atomic E-state index is 12.0. The van der Waals surface area contributed by atoms with Crippen molar-refractivity contribution in [3.05, 3.63) is 24.2 Å². The number of nitrogens with zero attached hydrogens (tertiary/aromatic N) is 1. The molecular formula is C20H27F3N2O5. The lowest BCUT2D eigenvalue weighted by atomic mass is 9.89. The summed E-state index contributed by atoms with van der Waals surface area (Å²) in [4.78, 5) is 23.5. The van der Waals surface area contributed by atoms with E-state index < -0.39 is 12.1 Å². The zero-order valence-corrected chi connectivity index (χ0v) is 16.6. The van der Waals surface area contributed by atoms with E-state index >= 15 is 0 Å². The monoisotopic (exact) mass is 432 g/mol. The van der Waals surface area contributed by atoms with Crippen LogP contribution in [-0.2, 0) is 9.53 Å². The predicted molar refractivity (Wildman–Crippen MR) is 100 cm³/mol. The van der Waals surface area contributed by atoms with E-state index in [2.05, 4.69) is 10.2 Å². The highest BCUT2D eigenvalue weighted by Crippen LogP contribution is 2.39. The number of amides is 1. The second kappa shape index (κ2) is 9.38. The fourth-order valence-corrected chi connectivity index (χ4v) is 4.21. The van der Waals surface area contributed by atoms with Gasteiger partial charge in [-0.15, -0.1) is 0 Å². The van der Waals surface area contributed by atoms with Crippen LogP contribution in [0.15, 0.2) is 22.8 Å². The van der Waals surface area contributed by atoms with Gasteiger partial charge in [-0.3, -0.25) is 9.69 Å². The van der Waals surface area contributed by atoms with Crippen LogP contribution in [0.3, 0.4) is 0 Å². The van der Waals surface area contributed by atoms with E-state index in [1.165, 1.54) is 44.9 Å². The Morgan fingerprint density at radius 1 is 1.23 bits per heavy atom. The molecule has 2 N–H and O–H groups in total. The molecule has 0 aromatic carbocycles. The molecule has 0 bridgehead atoms. The topological polar surface area (TPSA) is 92.0 Å². The molecule has 1 aliphatic carbocycles. The molecule has 2 saturated heterocycles. The van der Waals surface area contributed by atoms with Crippen molar-refractivity contribution in [2.45, 2.75) is 68.9 Å². The highest BCUT2D eigenvalue weighted by Gasteiger charge is 2.45. The van der Waals surface area contributed by atoms with Crippen molar-refractivity contribution in [2.24, 2.45) is 0 Å². The Morgan fingerprint density at radius 3 is 2.53 bits per heavy atom. The smallest absolute Gasteiger partial charge is 0.475 e. The number of hydrogen-bond acceptors (Lipinski definition) is 5. The van der Waals surface area contributed by atoms with E-state index in [0.717, 1.165) is 25.4 Å². The van der Waals surface area contributed by atoms with Crippen molar-refractivity contribution in [3.8, 4) is 0 Å². The molecule has 1 aromatic rings. The lowest BCUT2D eigenvalue weighted by molar-refractivity contribution is -0.192. The van der Waals surface area contributed by atoms with Gasteiger partial charge in [0.05, 0.1) is 18.0 Å². The van der Waals surface area contributed by atoms with Gasteiger partial charge in [-0.05, 0) is 50.7 Å². The average molecular weight is 432 g/mol. The first-order valence-corrected chi connectivity index (χ1v) is 10.2. The molecule has 2 atom stereocenters. The normalized spacial score (nSPS) is 27.2. The van der Waals surface area contributed by atoms with E-state index in [-0.39, 0.29) is 17.6 Å². The number of aliphatic carboxylic acids is 1. The number of furan rings is 1. The number of hydrogen-bond donors (Lipinski definition) is 2. The largest absolute Gasteiger partial charge is 0.490 e. The molecule has 2 aliphatic heterocycles. The van der Waals surface area contributed by atoms with Crippen LogP contribution in [0.25, 0.3) is 0 Å². The second-order valence-corrected chi connectivity index (χ2v) is 8.11. The first kappa shape index (κ1) is 22.6. The Labute approximate surface area is 172 Å². The summed E-state index contributed by atoms with van der Waals surface area (Å²) in [6.45, 7) is 2.83. The van der Waals surface area contributed by atoms with Gasteiger partial charge in [0, 0.05) is 25.7 Å². The van der Waals surface area contributed by atoms with Crippen LogP contribution in [0.1, 0.15) is 55.5 Å². The first-order valence-electron chi connectivity index (χ1n) is 10.2. The molecule has 10 heteroatoms. The van der Waals surface area contributed by atoms with Gasteiger partial charge in [-0.2, -0.15) is 13.2 Å². The molecule has 4 rings (SSSR count). The highest BCUT2D eigenvalue weighted by molar-refractivity contribution is 5.91. The van der Waals surface area contributed by atoms with Crippen LogP contribution in [-0.4, -0.2) is 65.4 Å². The van der Waals surface area contributed by atoms with Crippen LogP contribution >= 0.6 is 0 Å². The standard InChI is InChI=1S/C18H26N2O3.C2HF3O2/c21-17(16-7-3-11-22-16)19-12-15-6-2-8-18(23-15)9-10-20(13-18)14-4-1-5-14;3-2(4,5)1(6)7/h3,7,11,14-15H,1-2,4-6,8-10,12-13H2,(H,19,21);(H,6,7)/t15-,18+;/m0./s1. The number of ether oxygens (including phenoxy) is 1. The Hall–Kier alpha value is -2.07. The highest BCUT2D eigenvalue weighted by atomic mass is 19.4. The van der Waals surface area contributed by atoms with Crippen LogP contribution < -0.4 is 5.32 Å². The summed E-state index contributed by atoms with van der Waals surface area (Å²) < 4.78 is 43.3. The lowest BCUT2D eigenvalue weighted by Crippen LogP contribution is -2.48. The SMILES string of the molecule is O=C(NC[C@@H]1CCC[C@]2(CCN(C3CCC3)C2)O1)c1ccco1.O=C(O)C(F)(F)F. The zero-order valence-electron chi connectivity index (χ0n) is 16.6. The minimum absolute atomic E-state index is 0.0356. The molecule has 0 radical (unpaired) electrons. The molecule has 3 heterocycles. The van der Waals surface area contributed by atoms with Crippen molar-refractivity contribution in [2.75, 3.05) is 19.6 Å². The second-order valence-electron chi connectivity index (χ2n) is 8.11. The zero-order chi connectivity index (χ0) is 21.8. The fourth-order valence-electron chi connectivity index (χ4n) is 4.21. The molecule has 30 heavy (non-hydrogen) atoms. The Balaban J connectivity index is 0.000000318. The molecule has 168 valence electrons. The lowest BCUT2D eigenvalue weighted by Gasteiger charge is -2.41. The van der Waals surface area contributed by atoms with Crippen LogP contribution in [0, 0.1) is 0 Å². The van der Waals surface area contributed by atoms with Gasteiger partial charge >= 0.3 is 12.1 Å². The van der Waals surface area contributed by atoms with Crippen LogP contribution in [0.2, 0.25) is 0 Å². The Morgan fingerprint density at radius 2 is 1.97 bits per heavy atom. The molecular weight excluding hydrogens is 405 g/mol. The number of rotatable bonds is 4. The molecule has 3 fully saturated rings. The first-order chi connectivity index (χ1) is 14.2. The van der Waals surface area contributed by atoms with E-state index in [9.17, 15) is 18.0 Å².